The molecule has 6 nitrogen and oxygen atoms in total. The fraction of sp³-hybridized carbons (Fsp3) is 0.214. The van der Waals surface area contributed by atoms with Gasteiger partial charge >= 0.3 is 0 Å². The number of halogens is 1. The first-order valence-electron chi connectivity index (χ1n) is 6.33. The molecule has 0 amide bonds. The average molecular weight is 386 g/mol. The lowest BCUT2D eigenvalue weighted by molar-refractivity contribution is 0.403. The molecule has 2 aromatic rings. The number of nitrogens with zero attached hydrogens (tertiary/aromatic N) is 2. The van der Waals surface area contributed by atoms with Crippen LogP contribution in [0, 0.1) is 0 Å². The molecule has 0 aliphatic rings. The van der Waals surface area contributed by atoms with Gasteiger partial charge in [0.15, 0.2) is 0 Å². The van der Waals surface area contributed by atoms with Gasteiger partial charge in [-0.15, -0.1) is 0 Å². The molecule has 8 heteroatoms. The van der Waals surface area contributed by atoms with E-state index < -0.39 is 10.0 Å². The number of anilines is 2. The lowest BCUT2D eigenvalue weighted by Gasteiger charge is -2.14. The molecule has 1 aromatic carbocycles. The topological polar surface area (TPSA) is 71.5 Å². The zero-order chi connectivity index (χ0) is 16.3. The number of nitrogens with one attached hydrogen (secondary N) is 1. The number of hydrogen-bond donors (Lipinski definition) is 1. The van der Waals surface area contributed by atoms with Crippen molar-refractivity contribution in [2.45, 2.75) is 4.90 Å². The number of rotatable bonds is 5. The molecule has 0 radical (unpaired) electrons. The molecule has 0 atom stereocenters. The van der Waals surface area contributed by atoms with Gasteiger partial charge in [0, 0.05) is 18.6 Å². The molecule has 0 saturated carbocycles. The summed E-state index contributed by atoms with van der Waals surface area (Å²) in [5, 5.41) is 0. The van der Waals surface area contributed by atoms with Gasteiger partial charge in [-0.25, -0.2) is 13.4 Å². The van der Waals surface area contributed by atoms with Crippen LogP contribution in [0.15, 0.2) is 45.9 Å². The van der Waals surface area contributed by atoms with E-state index in [9.17, 15) is 8.42 Å². The first kappa shape index (κ1) is 16.6. The van der Waals surface area contributed by atoms with Gasteiger partial charge in [0.05, 0.1) is 19.0 Å². The molecular formula is C14H16BrN3O3S. The minimum atomic E-state index is -3.77. The van der Waals surface area contributed by atoms with Gasteiger partial charge in [-0.2, -0.15) is 0 Å². The predicted octanol–water partition coefficient (Wildman–Crippen LogP) is 2.72. The number of aromatic nitrogens is 1. The minimum Gasteiger partial charge on any atom is -0.495 e. The lowest BCUT2D eigenvalue weighted by Crippen LogP contribution is -2.15. The van der Waals surface area contributed by atoms with Crippen LogP contribution in [0.25, 0.3) is 0 Å². The highest BCUT2D eigenvalue weighted by Crippen LogP contribution is 2.28. The number of methoxy groups -OCH3 is 1. The molecule has 0 aliphatic carbocycles. The molecule has 0 unspecified atom stereocenters. The van der Waals surface area contributed by atoms with Crippen molar-refractivity contribution in [1.82, 2.24) is 4.98 Å². The molecule has 0 saturated heterocycles. The second-order valence-corrected chi connectivity index (χ2v) is 7.27. The van der Waals surface area contributed by atoms with Crippen molar-refractivity contribution in [2.24, 2.45) is 0 Å². The van der Waals surface area contributed by atoms with Crippen LogP contribution in [0.2, 0.25) is 0 Å². The van der Waals surface area contributed by atoms with Crippen LogP contribution in [-0.2, 0) is 10.0 Å². The van der Waals surface area contributed by atoms with Gasteiger partial charge in [0.2, 0.25) is 0 Å². The zero-order valence-electron chi connectivity index (χ0n) is 12.4. The van der Waals surface area contributed by atoms with Crippen LogP contribution < -0.4 is 14.4 Å². The SMILES string of the molecule is COc1ccc(Br)cc1S(=O)(=O)Nc1ccc(N(C)C)nc1. The van der Waals surface area contributed by atoms with E-state index in [2.05, 4.69) is 25.6 Å². The number of pyridine rings is 1. The van der Waals surface area contributed by atoms with Crippen molar-refractivity contribution < 1.29 is 13.2 Å². The minimum absolute atomic E-state index is 0.0565. The maximum atomic E-state index is 12.5. The van der Waals surface area contributed by atoms with Crippen LogP contribution in [0.1, 0.15) is 0 Å². The third-order valence-electron chi connectivity index (χ3n) is 2.87. The van der Waals surface area contributed by atoms with Crippen molar-refractivity contribution in [2.75, 3.05) is 30.8 Å². The van der Waals surface area contributed by atoms with Crippen molar-refractivity contribution in [3.05, 3.63) is 41.0 Å². The van der Waals surface area contributed by atoms with E-state index in [1.807, 2.05) is 19.0 Å². The summed E-state index contributed by atoms with van der Waals surface area (Å²) in [5.41, 5.74) is 0.382. The average Bonchev–Trinajstić information content (AvgIpc) is 2.47. The van der Waals surface area contributed by atoms with Gasteiger partial charge in [0.1, 0.15) is 16.5 Å². The first-order valence-corrected chi connectivity index (χ1v) is 8.61. The van der Waals surface area contributed by atoms with Gasteiger partial charge in [-0.3, -0.25) is 4.72 Å². The van der Waals surface area contributed by atoms with E-state index in [1.54, 1.807) is 24.3 Å². The van der Waals surface area contributed by atoms with E-state index in [0.29, 0.717) is 10.2 Å². The fourth-order valence-corrected chi connectivity index (χ4v) is 3.53. The molecule has 1 heterocycles. The summed E-state index contributed by atoms with van der Waals surface area (Å²) in [5.74, 6) is 1.01. The van der Waals surface area contributed by atoms with Gasteiger partial charge < -0.3 is 9.64 Å². The highest BCUT2D eigenvalue weighted by atomic mass is 79.9. The Morgan fingerprint density at radius 2 is 1.95 bits per heavy atom. The van der Waals surface area contributed by atoms with Gasteiger partial charge in [0.25, 0.3) is 10.0 Å². The summed E-state index contributed by atoms with van der Waals surface area (Å²) in [4.78, 5) is 6.06. The van der Waals surface area contributed by atoms with Crippen LogP contribution in [-0.4, -0.2) is 34.6 Å². The van der Waals surface area contributed by atoms with Crippen LogP contribution in [0.4, 0.5) is 11.5 Å². The maximum absolute atomic E-state index is 12.5. The summed E-state index contributed by atoms with van der Waals surface area (Å²) in [7, 11) is 1.38. The van der Waals surface area contributed by atoms with E-state index in [1.165, 1.54) is 19.4 Å². The second kappa shape index (κ2) is 6.53. The Bertz CT molecular complexity index is 761. The largest absolute Gasteiger partial charge is 0.495 e. The number of hydrogen-bond acceptors (Lipinski definition) is 5. The summed E-state index contributed by atoms with van der Waals surface area (Å²) >= 11 is 3.26. The van der Waals surface area contributed by atoms with Crippen LogP contribution in [0.5, 0.6) is 5.75 Å². The van der Waals surface area contributed by atoms with Crippen molar-refractivity contribution in [1.29, 1.82) is 0 Å². The molecule has 0 aliphatic heterocycles. The zero-order valence-corrected chi connectivity index (χ0v) is 14.8. The Labute approximate surface area is 138 Å². The third-order valence-corrected chi connectivity index (χ3v) is 4.77. The molecule has 2 rings (SSSR count). The highest BCUT2D eigenvalue weighted by Gasteiger charge is 2.20. The third kappa shape index (κ3) is 3.69. The number of sulfonamides is 1. The van der Waals surface area contributed by atoms with Crippen molar-refractivity contribution in [3.63, 3.8) is 0 Å². The van der Waals surface area contributed by atoms with Crippen molar-refractivity contribution in [3.8, 4) is 5.75 Å². The maximum Gasteiger partial charge on any atom is 0.265 e. The Kier molecular flexibility index (Phi) is 4.92. The molecular weight excluding hydrogens is 370 g/mol. The van der Waals surface area contributed by atoms with Crippen LogP contribution >= 0.6 is 15.9 Å². The fourth-order valence-electron chi connectivity index (χ4n) is 1.78. The van der Waals surface area contributed by atoms with E-state index in [-0.39, 0.29) is 10.6 Å². The molecule has 1 aromatic heterocycles. The summed E-state index contributed by atoms with van der Waals surface area (Å²) in [6, 6.07) is 8.18. The lowest BCUT2D eigenvalue weighted by atomic mass is 10.3. The Morgan fingerprint density at radius 3 is 2.50 bits per heavy atom. The molecule has 22 heavy (non-hydrogen) atoms. The number of benzene rings is 1. The summed E-state index contributed by atoms with van der Waals surface area (Å²) in [6.45, 7) is 0. The Hall–Kier alpha value is -1.80. The second-order valence-electron chi connectivity index (χ2n) is 4.70. The molecule has 0 bridgehead atoms. The van der Waals surface area contributed by atoms with E-state index in [0.717, 1.165) is 5.82 Å². The van der Waals surface area contributed by atoms with E-state index >= 15 is 0 Å². The van der Waals surface area contributed by atoms with Gasteiger partial charge in [-0.1, -0.05) is 15.9 Å². The predicted molar refractivity (Wildman–Crippen MR) is 90.1 cm³/mol. The molecule has 118 valence electrons. The summed E-state index contributed by atoms with van der Waals surface area (Å²) < 4.78 is 33.3. The summed E-state index contributed by atoms with van der Waals surface area (Å²) in [6.07, 6.45) is 1.47. The van der Waals surface area contributed by atoms with Gasteiger partial charge in [-0.05, 0) is 30.3 Å². The Morgan fingerprint density at radius 1 is 1.23 bits per heavy atom. The smallest absolute Gasteiger partial charge is 0.265 e. The molecule has 0 fully saturated rings. The normalized spacial score (nSPS) is 11.1. The molecule has 0 spiro atoms. The van der Waals surface area contributed by atoms with Crippen molar-refractivity contribution >= 4 is 37.5 Å². The highest BCUT2D eigenvalue weighted by molar-refractivity contribution is 9.10. The standard InChI is InChI=1S/C14H16BrN3O3S/c1-18(2)14-7-5-11(9-16-14)17-22(19,20)13-8-10(15)4-6-12(13)21-3/h4-9,17H,1-3H3. The quantitative estimate of drug-likeness (QED) is 0.856. The first-order chi connectivity index (χ1) is 10.3. The van der Waals surface area contributed by atoms with Crippen LogP contribution in [0.3, 0.4) is 0 Å². The number of ether oxygens (including phenoxy) is 1. The van der Waals surface area contributed by atoms with E-state index in [4.69, 9.17) is 4.74 Å². The Balaban J connectivity index is 2.33. The monoisotopic (exact) mass is 385 g/mol. The molecule has 1 N–H and O–H groups in total.